The average molecular weight is 418 g/mol. The lowest BCUT2D eigenvalue weighted by Gasteiger charge is -2.30. The molecular formula is C22H21Cl2NO3. The molecule has 4 rings (SSSR count). The van der Waals surface area contributed by atoms with E-state index in [-0.39, 0.29) is 5.78 Å². The molecule has 28 heavy (non-hydrogen) atoms. The lowest BCUT2D eigenvalue weighted by Crippen LogP contribution is -2.34. The Morgan fingerprint density at radius 2 is 1.96 bits per heavy atom. The van der Waals surface area contributed by atoms with Crippen molar-refractivity contribution in [3.8, 4) is 11.5 Å². The highest BCUT2D eigenvalue weighted by Crippen LogP contribution is 2.43. The van der Waals surface area contributed by atoms with E-state index < -0.39 is 0 Å². The van der Waals surface area contributed by atoms with Crippen molar-refractivity contribution >= 4 is 29.0 Å². The van der Waals surface area contributed by atoms with Crippen molar-refractivity contribution in [2.45, 2.75) is 33.7 Å². The zero-order chi connectivity index (χ0) is 20.0. The molecule has 0 amide bonds. The van der Waals surface area contributed by atoms with E-state index in [0.29, 0.717) is 40.4 Å². The van der Waals surface area contributed by atoms with Crippen LogP contribution in [0, 0.1) is 6.92 Å². The molecule has 2 aromatic carbocycles. The molecule has 0 unspecified atom stereocenters. The molecule has 0 aliphatic carbocycles. The van der Waals surface area contributed by atoms with Crippen LogP contribution in [0.25, 0.3) is 0 Å². The molecule has 0 aromatic heterocycles. The molecular weight excluding hydrogens is 397 g/mol. The number of hydrogen-bond acceptors (Lipinski definition) is 4. The first-order valence-electron chi connectivity index (χ1n) is 9.20. The van der Waals surface area contributed by atoms with Crippen molar-refractivity contribution in [3.05, 3.63) is 67.9 Å². The van der Waals surface area contributed by atoms with Crippen LogP contribution < -0.4 is 9.47 Å². The molecule has 2 aliphatic rings. The summed E-state index contributed by atoms with van der Waals surface area (Å²) < 4.78 is 11.9. The number of hydrogen-bond donors (Lipinski definition) is 0. The Balaban J connectivity index is 1.54. The van der Waals surface area contributed by atoms with Crippen LogP contribution in [-0.4, -0.2) is 24.0 Å². The standard InChI is InChI=1S/C22H21Cl2NO3/c1-12(2)20-19(26)17-8-15-10-25(11-27-21(15)13(3)22(17)28-20)7-6-14-4-5-16(23)9-18(14)24/h4-5,8-9H,6-7,10-11H2,1-3H3. The molecule has 146 valence electrons. The summed E-state index contributed by atoms with van der Waals surface area (Å²) in [6.07, 6.45) is 0.794. The third-order valence-electron chi connectivity index (χ3n) is 5.14. The number of nitrogens with zero attached hydrogens (tertiary/aromatic N) is 1. The second-order valence-electron chi connectivity index (χ2n) is 7.44. The molecule has 2 aromatic rings. The summed E-state index contributed by atoms with van der Waals surface area (Å²) in [7, 11) is 0. The van der Waals surface area contributed by atoms with Gasteiger partial charge in [-0.15, -0.1) is 0 Å². The fraction of sp³-hybridized carbons (Fsp3) is 0.318. The quantitative estimate of drug-likeness (QED) is 0.612. The van der Waals surface area contributed by atoms with Gasteiger partial charge in [0.25, 0.3) is 0 Å². The Morgan fingerprint density at radius 1 is 1.18 bits per heavy atom. The van der Waals surface area contributed by atoms with Gasteiger partial charge in [-0.2, -0.15) is 0 Å². The Morgan fingerprint density at radius 3 is 2.68 bits per heavy atom. The smallest absolute Gasteiger partial charge is 0.231 e. The summed E-state index contributed by atoms with van der Waals surface area (Å²) in [6, 6.07) is 7.48. The molecule has 0 radical (unpaired) electrons. The molecule has 0 bridgehead atoms. The minimum Gasteiger partial charge on any atom is -0.477 e. The van der Waals surface area contributed by atoms with E-state index in [1.54, 1.807) is 6.07 Å². The second-order valence-corrected chi connectivity index (χ2v) is 8.28. The number of carbonyl (C=O) groups excluding carboxylic acids is 1. The Hall–Kier alpha value is -2.01. The number of ether oxygens (including phenoxy) is 2. The summed E-state index contributed by atoms with van der Waals surface area (Å²) in [5.41, 5.74) is 4.45. The maximum Gasteiger partial charge on any atom is 0.231 e. The monoisotopic (exact) mass is 417 g/mol. The van der Waals surface area contributed by atoms with Crippen LogP contribution in [0.15, 0.2) is 35.6 Å². The normalized spacial score (nSPS) is 15.8. The minimum absolute atomic E-state index is 0.0500. The van der Waals surface area contributed by atoms with E-state index in [4.69, 9.17) is 32.7 Å². The molecule has 0 fully saturated rings. The van der Waals surface area contributed by atoms with Gasteiger partial charge >= 0.3 is 0 Å². The maximum atomic E-state index is 12.7. The first-order chi connectivity index (χ1) is 13.3. The van der Waals surface area contributed by atoms with Crippen LogP contribution in [0.5, 0.6) is 11.5 Å². The highest BCUT2D eigenvalue weighted by atomic mass is 35.5. The van der Waals surface area contributed by atoms with Gasteiger partial charge in [0.05, 0.1) is 5.56 Å². The largest absolute Gasteiger partial charge is 0.477 e. The first-order valence-corrected chi connectivity index (χ1v) is 9.96. The van der Waals surface area contributed by atoms with Crippen molar-refractivity contribution < 1.29 is 14.3 Å². The maximum absolute atomic E-state index is 12.7. The molecule has 4 nitrogen and oxygen atoms in total. The van der Waals surface area contributed by atoms with Crippen molar-refractivity contribution in [1.29, 1.82) is 0 Å². The summed E-state index contributed by atoms with van der Waals surface area (Å²) in [5.74, 6) is 1.82. The summed E-state index contributed by atoms with van der Waals surface area (Å²) in [5, 5.41) is 1.31. The molecule has 0 saturated carbocycles. The van der Waals surface area contributed by atoms with Gasteiger partial charge in [-0.05, 0) is 56.5 Å². The SMILES string of the molecule is CC(C)=C1Oc2c(cc3c(c2C)OCN(CCc2ccc(Cl)cc2Cl)C3)C1=O. The predicted octanol–water partition coefficient (Wildman–Crippen LogP) is 5.57. The van der Waals surface area contributed by atoms with Gasteiger partial charge in [-0.3, -0.25) is 9.69 Å². The highest BCUT2D eigenvalue weighted by molar-refractivity contribution is 6.35. The van der Waals surface area contributed by atoms with E-state index >= 15 is 0 Å². The van der Waals surface area contributed by atoms with Gasteiger partial charge in [0.2, 0.25) is 5.78 Å². The number of fused-ring (bicyclic) bond motifs is 2. The Kier molecular flexibility index (Phi) is 5.13. The lowest BCUT2D eigenvalue weighted by molar-refractivity contribution is 0.0954. The third-order valence-corrected chi connectivity index (χ3v) is 5.73. The van der Waals surface area contributed by atoms with E-state index in [0.717, 1.165) is 41.0 Å². The fourth-order valence-corrected chi connectivity index (χ4v) is 4.16. The van der Waals surface area contributed by atoms with Crippen LogP contribution in [-0.2, 0) is 13.0 Å². The minimum atomic E-state index is -0.0500. The van der Waals surface area contributed by atoms with E-state index in [1.807, 2.05) is 39.0 Å². The first kappa shape index (κ1) is 19.3. The average Bonchev–Trinajstić information content (AvgIpc) is 2.98. The van der Waals surface area contributed by atoms with Gasteiger partial charge in [-0.25, -0.2) is 0 Å². The summed E-state index contributed by atoms with van der Waals surface area (Å²) in [4.78, 5) is 14.9. The van der Waals surface area contributed by atoms with E-state index in [2.05, 4.69) is 4.90 Å². The van der Waals surface area contributed by atoms with Gasteiger partial charge in [0.1, 0.15) is 18.2 Å². The van der Waals surface area contributed by atoms with E-state index in [9.17, 15) is 4.79 Å². The number of carbonyl (C=O) groups is 1. The molecule has 0 saturated heterocycles. The van der Waals surface area contributed by atoms with Crippen LogP contribution in [0.1, 0.15) is 40.9 Å². The van der Waals surface area contributed by atoms with Crippen molar-refractivity contribution in [3.63, 3.8) is 0 Å². The second kappa shape index (κ2) is 7.43. The van der Waals surface area contributed by atoms with Gasteiger partial charge in [0.15, 0.2) is 5.76 Å². The van der Waals surface area contributed by atoms with E-state index in [1.165, 1.54) is 0 Å². The van der Waals surface area contributed by atoms with Gasteiger partial charge < -0.3 is 9.47 Å². The zero-order valence-corrected chi connectivity index (χ0v) is 17.6. The number of benzene rings is 2. The van der Waals surface area contributed by atoms with Crippen molar-refractivity contribution in [2.24, 2.45) is 0 Å². The third kappa shape index (κ3) is 3.41. The lowest BCUT2D eigenvalue weighted by atomic mass is 9.99. The molecule has 2 aliphatic heterocycles. The van der Waals surface area contributed by atoms with Crippen LogP contribution in [0.4, 0.5) is 0 Å². The van der Waals surface area contributed by atoms with Crippen LogP contribution in [0.2, 0.25) is 10.0 Å². The number of halogens is 2. The van der Waals surface area contributed by atoms with Crippen molar-refractivity contribution in [1.82, 2.24) is 4.90 Å². The zero-order valence-electron chi connectivity index (χ0n) is 16.1. The molecule has 0 atom stereocenters. The summed E-state index contributed by atoms with van der Waals surface area (Å²) >= 11 is 12.2. The Labute approximate surface area is 174 Å². The number of rotatable bonds is 3. The topological polar surface area (TPSA) is 38.8 Å². The van der Waals surface area contributed by atoms with Gasteiger partial charge in [-0.1, -0.05) is 29.3 Å². The molecule has 0 spiro atoms. The number of Topliss-reactive ketones (excluding diaryl/α,β-unsaturated/α-hetero) is 1. The Bertz CT molecular complexity index is 1010. The number of ketones is 1. The van der Waals surface area contributed by atoms with Crippen LogP contribution >= 0.6 is 23.2 Å². The molecule has 2 heterocycles. The van der Waals surface area contributed by atoms with Crippen LogP contribution in [0.3, 0.4) is 0 Å². The summed E-state index contributed by atoms with van der Waals surface area (Å²) in [6.45, 7) is 7.71. The predicted molar refractivity (Wildman–Crippen MR) is 111 cm³/mol. The number of allylic oxidation sites excluding steroid dienone is 2. The van der Waals surface area contributed by atoms with Gasteiger partial charge in [0, 0.05) is 34.3 Å². The highest BCUT2D eigenvalue weighted by Gasteiger charge is 2.34. The van der Waals surface area contributed by atoms with Crippen molar-refractivity contribution in [2.75, 3.05) is 13.3 Å². The molecule has 0 N–H and O–H groups in total. The molecule has 6 heteroatoms. The fourth-order valence-electron chi connectivity index (χ4n) is 3.66.